The van der Waals surface area contributed by atoms with Crippen molar-refractivity contribution in [1.29, 1.82) is 0 Å². The number of hydrogen-bond donors (Lipinski definition) is 3. The largest absolute Gasteiger partial charge is 0.480 e. The number of carbonyl (C=O) groups is 3. The number of anilines is 1. The topological polar surface area (TPSA) is 126 Å². The molecule has 0 unspecified atom stereocenters. The molecule has 2 heterocycles. The van der Waals surface area contributed by atoms with Crippen LogP contribution in [0.4, 0.5) is 10.6 Å². The van der Waals surface area contributed by atoms with Gasteiger partial charge < -0.3 is 16.2 Å². The average molecular weight is 382 g/mol. The second kappa shape index (κ2) is 7.67. The van der Waals surface area contributed by atoms with E-state index < -0.39 is 29.9 Å². The molecule has 28 heavy (non-hydrogen) atoms. The van der Waals surface area contributed by atoms with Crippen LogP contribution < -0.4 is 11.1 Å². The van der Waals surface area contributed by atoms with E-state index in [2.05, 4.69) is 10.3 Å². The van der Waals surface area contributed by atoms with Gasteiger partial charge in [-0.3, -0.25) is 4.79 Å². The number of imide groups is 1. The molecule has 3 rings (SSSR count). The first kappa shape index (κ1) is 19.3. The first-order valence-electron chi connectivity index (χ1n) is 8.91. The minimum atomic E-state index is -1.22. The number of pyridine rings is 1. The molecular weight excluding hydrogens is 360 g/mol. The molecular formula is C20H22N4O4. The van der Waals surface area contributed by atoms with Gasteiger partial charge in [0.1, 0.15) is 5.82 Å². The Morgan fingerprint density at radius 1 is 1.29 bits per heavy atom. The summed E-state index contributed by atoms with van der Waals surface area (Å²) in [4.78, 5) is 41.4. The third-order valence-electron chi connectivity index (χ3n) is 4.90. The van der Waals surface area contributed by atoms with Crippen LogP contribution in [-0.4, -0.2) is 38.9 Å². The van der Waals surface area contributed by atoms with Crippen LogP contribution in [0.5, 0.6) is 0 Å². The Hall–Kier alpha value is -3.42. The van der Waals surface area contributed by atoms with Crippen LogP contribution in [0.15, 0.2) is 42.6 Å². The zero-order chi connectivity index (χ0) is 20.4. The Kier molecular flexibility index (Phi) is 5.30. The van der Waals surface area contributed by atoms with E-state index in [0.29, 0.717) is 5.56 Å². The zero-order valence-corrected chi connectivity index (χ0v) is 15.6. The molecule has 1 saturated heterocycles. The third kappa shape index (κ3) is 3.80. The molecule has 1 aliphatic heterocycles. The van der Waals surface area contributed by atoms with Gasteiger partial charge in [0.2, 0.25) is 5.91 Å². The monoisotopic (exact) mass is 382 g/mol. The van der Waals surface area contributed by atoms with Crippen LogP contribution in [0.3, 0.4) is 0 Å². The number of amides is 3. The van der Waals surface area contributed by atoms with Gasteiger partial charge in [-0.1, -0.05) is 29.8 Å². The molecule has 1 aliphatic rings. The van der Waals surface area contributed by atoms with Gasteiger partial charge in [-0.15, -0.1) is 0 Å². The van der Waals surface area contributed by atoms with Gasteiger partial charge in [0, 0.05) is 6.20 Å². The van der Waals surface area contributed by atoms with E-state index >= 15 is 0 Å². The Balaban J connectivity index is 1.70. The van der Waals surface area contributed by atoms with Crippen molar-refractivity contribution < 1.29 is 19.5 Å². The minimum absolute atomic E-state index is 0.180. The summed E-state index contributed by atoms with van der Waals surface area (Å²) in [6.45, 7) is 3.74. The number of nitrogens with zero attached hydrogens (tertiary/aromatic N) is 2. The molecule has 0 spiro atoms. The number of likely N-dealkylation sites (tertiary alicyclic amines) is 1. The number of β-lactam (4-membered cyclic amide) rings is 1. The number of nitrogen functional groups attached to an aromatic ring is 1. The van der Waals surface area contributed by atoms with Crippen molar-refractivity contribution in [2.45, 2.75) is 32.4 Å². The maximum atomic E-state index is 12.6. The second-order valence-corrected chi connectivity index (χ2v) is 6.97. The highest BCUT2D eigenvalue weighted by molar-refractivity contribution is 6.07. The third-order valence-corrected chi connectivity index (χ3v) is 4.90. The molecule has 1 aromatic heterocycles. The normalized spacial score (nSPS) is 19.6. The molecule has 1 aromatic carbocycles. The van der Waals surface area contributed by atoms with Crippen molar-refractivity contribution >= 4 is 23.7 Å². The summed E-state index contributed by atoms with van der Waals surface area (Å²) in [6.07, 6.45) is 1.68. The summed E-state index contributed by atoms with van der Waals surface area (Å²) < 4.78 is 0. The highest BCUT2D eigenvalue weighted by atomic mass is 16.4. The number of carboxylic acids is 1. The highest BCUT2D eigenvalue weighted by Crippen LogP contribution is 2.31. The number of rotatable bonds is 5. The summed E-state index contributed by atoms with van der Waals surface area (Å²) in [6, 6.07) is 8.57. The van der Waals surface area contributed by atoms with E-state index in [1.807, 2.05) is 31.2 Å². The molecule has 4 N–H and O–H groups in total. The lowest BCUT2D eigenvalue weighted by molar-refractivity contribution is -0.165. The van der Waals surface area contributed by atoms with E-state index in [-0.39, 0.29) is 18.3 Å². The summed E-state index contributed by atoms with van der Waals surface area (Å²) in [7, 11) is 0. The molecule has 8 nitrogen and oxygen atoms in total. The number of nitrogens with one attached hydrogen (secondary N) is 1. The number of carboxylic acid groups (broad SMARTS) is 1. The number of aryl methyl sites for hydroxylation is 1. The van der Waals surface area contributed by atoms with Gasteiger partial charge in [-0.25, -0.2) is 19.5 Å². The Bertz CT molecular complexity index is 913. The fourth-order valence-corrected chi connectivity index (χ4v) is 3.33. The lowest BCUT2D eigenvalue weighted by atomic mass is 9.82. The van der Waals surface area contributed by atoms with Crippen molar-refractivity contribution in [2.24, 2.45) is 5.92 Å². The van der Waals surface area contributed by atoms with Gasteiger partial charge in [-0.2, -0.15) is 0 Å². The molecule has 0 aliphatic carbocycles. The average Bonchev–Trinajstić information content (AvgIpc) is 2.63. The molecule has 1 fully saturated rings. The molecule has 146 valence electrons. The van der Waals surface area contributed by atoms with E-state index in [1.54, 1.807) is 19.1 Å². The SMILES string of the molecule is Cc1ccc([C@@H](C)NC(=O)N2C(=O)[C@H](Cc3ccnc(N)c3)[C@H]2C(=O)O)cc1. The van der Waals surface area contributed by atoms with Crippen molar-refractivity contribution in [2.75, 3.05) is 5.73 Å². The molecule has 2 aromatic rings. The highest BCUT2D eigenvalue weighted by Gasteiger charge is 2.54. The van der Waals surface area contributed by atoms with Crippen LogP contribution >= 0.6 is 0 Å². The van der Waals surface area contributed by atoms with Crippen molar-refractivity contribution in [3.63, 3.8) is 0 Å². The molecule has 3 amide bonds. The maximum Gasteiger partial charge on any atom is 0.327 e. The lowest BCUT2D eigenvalue weighted by Gasteiger charge is -2.43. The Morgan fingerprint density at radius 3 is 2.57 bits per heavy atom. The molecule has 3 atom stereocenters. The first-order chi connectivity index (χ1) is 13.3. The summed E-state index contributed by atoms with van der Waals surface area (Å²) in [5.74, 6) is -2.27. The molecule has 8 heteroatoms. The number of urea groups is 1. The number of carbonyl (C=O) groups excluding carboxylic acids is 2. The first-order valence-corrected chi connectivity index (χ1v) is 8.91. The van der Waals surface area contributed by atoms with Gasteiger partial charge in [0.15, 0.2) is 6.04 Å². The number of nitrogens with two attached hydrogens (primary N) is 1. The predicted molar refractivity (Wildman–Crippen MR) is 102 cm³/mol. The Morgan fingerprint density at radius 2 is 1.96 bits per heavy atom. The lowest BCUT2D eigenvalue weighted by Crippen LogP contribution is -2.68. The van der Waals surface area contributed by atoms with Gasteiger partial charge in [0.25, 0.3) is 0 Å². The van der Waals surface area contributed by atoms with Crippen LogP contribution in [0.1, 0.15) is 29.7 Å². The van der Waals surface area contributed by atoms with E-state index in [4.69, 9.17) is 5.73 Å². The summed E-state index contributed by atoms with van der Waals surface area (Å²) in [5, 5.41) is 12.2. The van der Waals surface area contributed by atoms with Crippen LogP contribution in [-0.2, 0) is 16.0 Å². The van der Waals surface area contributed by atoms with E-state index in [1.165, 1.54) is 6.20 Å². The second-order valence-electron chi connectivity index (χ2n) is 6.97. The quantitative estimate of drug-likeness (QED) is 0.678. The van der Waals surface area contributed by atoms with Crippen molar-refractivity contribution in [3.8, 4) is 0 Å². The standard InChI is InChI=1S/C20H22N4O4/c1-11-3-5-14(6-4-11)12(2)23-20(28)24-17(19(26)27)15(18(24)25)9-13-7-8-22-16(21)10-13/h3-8,10,12,15,17H,9H2,1-2H3,(H2,21,22)(H,23,28)(H,26,27)/t12-,15-,17+/m1/s1. The molecule has 0 bridgehead atoms. The number of benzene rings is 1. The van der Waals surface area contributed by atoms with E-state index in [0.717, 1.165) is 16.0 Å². The summed E-state index contributed by atoms with van der Waals surface area (Å²) >= 11 is 0. The fourth-order valence-electron chi connectivity index (χ4n) is 3.33. The van der Waals surface area contributed by atoms with Crippen LogP contribution in [0, 0.1) is 12.8 Å². The number of aliphatic carboxylic acids is 1. The van der Waals surface area contributed by atoms with Crippen LogP contribution in [0.2, 0.25) is 0 Å². The summed E-state index contributed by atoms with van der Waals surface area (Å²) in [5.41, 5.74) is 8.28. The number of aromatic nitrogens is 1. The molecule has 0 radical (unpaired) electrons. The van der Waals surface area contributed by atoms with Gasteiger partial charge in [0.05, 0.1) is 12.0 Å². The van der Waals surface area contributed by atoms with Crippen molar-refractivity contribution in [3.05, 3.63) is 59.3 Å². The predicted octanol–water partition coefficient (Wildman–Crippen LogP) is 1.90. The number of hydrogen-bond acceptors (Lipinski definition) is 5. The molecule has 0 saturated carbocycles. The smallest absolute Gasteiger partial charge is 0.327 e. The maximum absolute atomic E-state index is 12.6. The fraction of sp³-hybridized carbons (Fsp3) is 0.300. The van der Waals surface area contributed by atoms with Crippen molar-refractivity contribution in [1.82, 2.24) is 15.2 Å². The zero-order valence-electron chi connectivity index (χ0n) is 15.6. The van der Waals surface area contributed by atoms with Crippen LogP contribution in [0.25, 0.3) is 0 Å². The Labute approximate surface area is 162 Å². The van der Waals surface area contributed by atoms with E-state index in [9.17, 15) is 19.5 Å². The minimum Gasteiger partial charge on any atom is -0.480 e. The van der Waals surface area contributed by atoms with Gasteiger partial charge in [-0.05, 0) is 43.5 Å². The van der Waals surface area contributed by atoms with Gasteiger partial charge >= 0.3 is 12.0 Å².